The molecule has 1 heterocycles. The lowest BCUT2D eigenvalue weighted by Crippen LogP contribution is -2.19. The molecule has 5 nitrogen and oxygen atoms in total. The van der Waals surface area contributed by atoms with Gasteiger partial charge in [0.05, 0.1) is 12.5 Å². The van der Waals surface area contributed by atoms with Crippen molar-refractivity contribution in [1.82, 2.24) is 9.97 Å². The van der Waals surface area contributed by atoms with Crippen LogP contribution in [-0.4, -0.2) is 23.6 Å². The first kappa shape index (κ1) is 9.94. The molecule has 0 aliphatic carbocycles. The topological polar surface area (TPSA) is 76.6 Å². The molecule has 0 aliphatic rings. The van der Waals surface area contributed by atoms with Crippen LogP contribution in [0.5, 0.6) is 0 Å². The molecule has 70 valence electrons. The van der Waals surface area contributed by atoms with Crippen molar-refractivity contribution >= 4 is 5.82 Å². The molecule has 0 bridgehead atoms. The number of hydrogen-bond acceptors (Lipinski definition) is 5. The lowest BCUT2D eigenvalue weighted by molar-refractivity contribution is 0.876. The third kappa shape index (κ3) is 2.43. The van der Waals surface area contributed by atoms with Crippen LogP contribution in [0.3, 0.4) is 0 Å². The van der Waals surface area contributed by atoms with E-state index in [0.717, 1.165) is 0 Å². The summed E-state index contributed by atoms with van der Waals surface area (Å²) in [5, 5.41) is 17.0. The van der Waals surface area contributed by atoms with E-state index in [-0.39, 0.29) is 5.82 Å². The molecule has 0 amide bonds. The second-order valence-corrected chi connectivity index (χ2v) is 2.68. The fourth-order valence-electron chi connectivity index (χ4n) is 0.948. The third-order valence-corrected chi connectivity index (χ3v) is 1.69. The van der Waals surface area contributed by atoms with Crippen LogP contribution in [0.4, 0.5) is 5.82 Å². The van der Waals surface area contributed by atoms with Crippen LogP contribution >= 0.6 is 0 Å². The molecule has 0 atom stereocenters. The summed E-state index contributed by atoms with van der Waals surface area (Å²) in [6.07, 6.45) is 1.96. The van der Waals surface area contributed by atoms with Gasteiger partial charge in [-0.15, -0.1) is 0 Å². The average Bonchev–Trinajstić information content (AvgIpc) is 2.26. The summed E-state index contributed by atoms with van der Waals surface area (Å²) >= 11 is 0. The highest BCUT2D eigenvalue weighted by molar-refractivity contribution is 5.37. The molecule has 14 heavy (non-hydrogen) atoms. The molecule has 0 saturated heterocycles. The predicted octanol–water partition coefficient (Wildman–Crippen LogP) is 0.698. The van der Waals surface area contributed by atoms with Gasteiger partial charge in [0, 0.05) is 19.8 Å². The zero-order valence-corrected chi connectivity index (χ0v) is 7.80. The number of aromatic nitrogens is 2. The van der Waals surface area contributed by atoms with E-state index in [1.807, 2.05) is 24.1 Å². The first-order valence-electron chi connectivity index (χ1n) is 4.09. The van der Waals surface area contributed by atoms with Crippen molar-refractivity contribution in [1.29, 1.82) is 10.5 Å². The van der Waals surface area contributed by atoms with Gasteiger partial charge in [-0.1, -0.05) is 0 Å². The van der Waals surface area contributed by atoms with Crippen LogP contribution in [-0.2, 0) is 0 Å². The molecule has 1 aromatic heterocycles. The van der Waals surface area contributed by atoms with Crippen LogP contribution in [0.2, 0.25) is 0 Å². The molecule has 0 fully saturated rings. The molecule has 0 aromatic carbocycles. The van der Waals surface area contributed by atoms with Gasteiger partial charge in [0.1, 0.15) is 11.9 Å². The van der Waals surface area contributed by atoms with Gasteiger partial charge in [-0.25, -0.2) is 9.97 Å². The number of anilines is 1. The molecule has 0 spiro atoms. The van der Waals surface area contributed by atoms with E-state index in [1.54, 1.807) is 6.07 Å². The van der Waals surface area contributed by atoms with Crippen LogP contribution < -0.4 is 4.90 Å². The van der Waals surface area contributed by atoms with Crippen molar-refractivity contribution < 1.29 is 0 Å². The van der Waals surface area contributed by atoms with Crippen LogP contribution in [0.25, 0.3) is 0 Å². The van der Waals surface area contributed by atoms with Crippen LogP contribution in [0, 0.1) is 22.7 Å². The Morgan fingerprint density at radius 3 is 2.93 bits per heavy atom. The minimum absolute atomic E-state index is 0.145. The van der Waals surface area contributed by atoms with Gasteiger partial charge in [-0.05, 0) is 6.07 Å². The molecular weight excluding hydrogens is 178 g/mol. The van der Waals surface area contributed by atoms with Gasteiger partial charge in [-0.2, -0.15) is 10.5 Å². The van der Waals surface area contributed by atoms with Crippen molar-refractivity contribution in [2.24, 2.45) is 0 Å². The first-order chi connectivity index (χ1) is 6.77. The molecular formula is C9H9N5. The van der Waals surface area contributed by atoms with Gasteiger partial charge in [0.25, 0.3) is 0 Å². The fourth-order valence-corrected chi connectivity index (χ4v) is 0.948. The summed E-state index contributed by atoms with van der Waals surface area (Å²) in [5.74, 6) is 0.804. The summed E-state index contributed by atoms with van der Waals surface area (Å²) < 4.78 is 0. The van der Waals surface area contributed by atoms with Crippen LogP contribution in [0.15, 0.2) is 12.3 Å². The summed E-state index contributed by atoms with van der Waals surface area (Å²) in [6.45, 7) is 0.596. The molecule has 0 N–H and O–H groups in total. The maximum absolute atomic E-state index is 8.57. The highest BCUT2D eigenvalue weighted by Gasteiger charge is 2.02. The minimum Gasteiger partial charge on any atom is -0.359 e. The lowest BCUT2D eigenvalue weighted by Gasteiger charge is -2.15. The van der Waals surface area contributed by atoms with Crippen LogP contribution in [0.1, 0.15) is 12.2 Å². The number of nitriles is 2. The first-order valence-corrected chi connectivity index (χ1v) is 4.09. The van der Waals surface area contributed by atoms with E-state index in [0.29, 0.717) is 18.8 Å². The predicted molar refractivity (Wildman–Crippen MR) is 50.2 cm³/mol. The Balaban J connectivity index is 2.76. The van der Waals surface area contributed by atoms with E-state index in [9.17, 15) is 0 Å². The minimum atomic E-state index is 0.145. The normalized spacial score (nSPS) is 8.79. The Morgan fingerprint density at radius 1 is 1.50 bits per heavy atom. The average molecular weight is 187 g/mol. The lowest BCUT2D eigenvalue weighted by atomic mass is 10.4. The SMILES string of the molecule is CN(CCC#N)c1ccnc(C#N)n1. The standard InChI is InChI=1S/C9H9N5/c1-14(6-2-4-10)9-3-5-12-8(7-11)13-9/h3,5H,2,6H2,1H3. The molecule has 5 heteroatoms. The summed E-state index contributed by atoms with van der Waals surface area (Å²) in [5.41, 5.74) is 0. The summed E-state index contributed by atoms with van der Waals surface area (Å²) in [7, 11) is 1.82. The van der Waals surface area contributed by atoms with E-state index in [2.05, 4.69) is 9.97 Å². The maximum atomic E-state index is 8.57. The van der Waals surface area contributed by atoms with E-state index in [1.165, 1.54) is 6.20 Å². The number of rotatable bonds is 3. The molecule has 0 aliphatic heterocycles. The number of nitrogens with zero attached hydrogens (tertiary/aromatic N) is 5. The molecule has 0 unspecified atom stereocenters. The Labute approximate surface area is 82.2 Å². The zero-order chi connectivity index (χ0) is 10.4. The smallest absolute Gasteiger partial charge is 0.234 e. The fraction of sp³-hybridized carbons (Fsp3) is 0.333. The Kier molecular flexibility index (Phi) is 3.40. The Bertz CT molecular complexity index is 387. The highest BCUT2D eigenvalue weighted by Crippen LogP contribution is 2.07. The Morgan fingerprint density at radius 2 is 2.29 bits per heavy atom. The van der Waals surface area contributed by atoms with Gasteiger partial charge < -0.3 is 4.90 Å². The summed E-state index contributed by atoms with van der Waals surface area (Å²) in [6, 6.07) is 5.62. The van der Waals surface area contributed by atoms with Gasteiger partial charge >= 0.3 is 0 Å². The molecule has 1 aromatic rings. The number of hydrogen-bond donors (Lipinski definition) is 0. The van der Waals surface area contributed by atoms with Gasteiger partial charge in [0.15, 0.2) is 0 Å². The van der Waals surface area contributed by atoms with Crippen molar-refractivity contribution in [3.8, 4) is 12.1 Å². The van der Waals surface area contributed by atoms with Crippen molar-refractivity contribution in [3.05, 3.63) is 18.1 Å². The van der Waals surface area contributed by atoms with Crippen molar-refractivity contribution in [2.75, 3.05) is 18.5 Å². The van der Waals surface area contributed by atoms with E-state index in [4.69, 9.17) is 10.5 Å². The monoisotopic (exact) mass is 187 g/mol. The van der Waals surface area contributed by atoms with Gasteiger partial charge in [0.2, 0.25) is 5.82 Å². The maximum Gasteiger partial charge on any atom is 0.234 e. The second-order valence-electron chi connectivity index (χ2n) is 2.68. The second kappa shape index (κ2) is 4.78. The van der Waals surface area contributed by atoms with Crippen molar-refractivity contribution in [2.45, 2.75) is 6.42 Å². The molecule has 0 saturated carbocycles. The van der Waals surface area contributed by atoms with E-state index < -0.39 is 0 Å². The van der Waals surface area contributed by atoms with Crippen molar-refractivity contribution in [3.63, 3.8) is 0 Å². The highest BCUT2D eigenvalue weighted by atomic mass is 15.2. The zero-order valence-electron chi connectivity index (χ0n) is 7.80. The Hall–Kier alpha value is -2.14. The van der Waals surface area contributed by atoms with Gasteiger partial charge in [-0.3, -0.25) is 0 Å². The van der Waals surface area contributed by atoms with E-state index >= 15 is 0 Å². The molecule has 0 radical (unpaired) electrons. The largest absolute Gasteiger partial charge is 0.359 e. The quantitative estimate of drug-likeness (QED) is 0.696. The third-order valence-electron chi connectivity index (χ3n) is 1.69. The summed E-state index contributed by atoms with van der Waals surface area (Å²) in [4.78, 5) is 9.56. The molecule has 1 rings (SSSR count).